The fourth-order valence-electron chi connectivity index (χ4n) is 2.13. The number of hydrogen-bond donors (Lipinski definition) is 0. The lowest BCUT2D eigenvalue weighted by atomic mass is 9.98. The molecule has 0 spiro atoms. The smallest absolute Gasteiger partial charge is 0.192 e. The minimum atomic E-state index is -0.353. The van der Waals surface area contributed by atoms with E-state index in [1.165, 1.54) is 0 Å². The summed E-state index contributed by atoms with van der Waals surface area (Å²) in [5.41, 5.74) is 0.718. The third-order valence-corrected chi connectivity index (χ3v) is 3.07. The van der Waals surface area contributed by atoms with Crippen LogP contribution in [0, 0.1) is 0 Å². The molecule has 0 radical (unpaired) electrons. The summed E-state index contributed by atoms with van der Waals surface area (Å²) in [6.07, 6.45) is 4.80. The Balaban J connectivity index is 2.44. The molecule has 0 fully saturated rings. The van der Waals surface area contributed by atoms with E-state index in [-0.39, 0.29) is 11.9 Å². The van der Waals surface area contributed by atoms with E-state index < -0.39 is 0 Å². The zero-order valence-electron chi connectivity index (χ0n) is 10.7. The Bertz CT molecular complexity index is 546. The second-order valence-electron chi connectivity index (χ2n) is 4.28. The maximum absolute atomic E-state index is 12.4. The number of ether oxygens (including phenoxy) is 1. The zero-order chi connectivity index (χ0) is 13.0. The van der Waals surface area contributed by atoms with Gasteiger partial charge < -0.3 is 4.74 Å². The van der Waals surface area contributed by atoms with E-state index in [1.807, 2.05) is 31.2 Å². The van der Waals surface area contributed by atoms with Crippen LogP contribution >= 0.6 is 0 Å². The van der Waals surface area contributed by atoms with Crippen molar-refractivity contribution in [2.75, 3.05) is 7.11 Å². The number of pyridine rings is 1. The molecule has 1 aromatic carbocycles. The number of benzene rings is 1. The number of ketones is 1. The van der Waals surface area contributed by atoms with Gasteiger partial charge in [0.15, 0.2) is 5.78 Å². The summed E-state index contributed by atoms with van der Waals surface area (Å²) in [5.74, 6) is 0.0520. The predicted molar refractivity (Wildman–Crippen MR) is 71.8 cm³/mol. The van der Waals surface area contributed by atoms with Crippen LogP contribution in [0.2, 0.25) is 0 Å². The van der Waals surface area contributed by atoms with E-state index in [0.717, 1.165) is 29.2 Å². The molecule has 2 aromatic rings. The minimum absolute atomic E-state index is 0.0520. The van der Waals surface area contributed by atoms with E-state index in [9.17, 15) is 4.79 Å². The molecular weight excluding hydrogens is 226 g/mol. The Morgan fingerprint density at radius 3 is 2.94 bits per heavy atom. The largest absolute Gasteiger partial charge is 0.373 e. The van der Waals surface area contributed by atoms with Crippen LogP contribution in [0.15, 0.2) is 36.7 Å². The molecule has 1 unspecified atom stereocenters. The van der Waals surface area contributed by atoms with Crippen molar-refractivity contribution >= 4 is 16.6 Å². The highest BCUT2D eigenvalue weighted by molar-refractivity contribution is 6.09. The highest BCUT2D eigenvalue weighted by atomic mass is 16.5. The molecule has 1 aromatic heterocycles. The lowest BCUT2D eigenvalue weighted by molar-refractivity contribution is 0.0580. The van der Waals surface area contributed by atoms with Gasteiger partial charge in [0.1, 0.15) is 6.10 Å². The van der Waals surface area contributed by atoms with Crippen LogP contribution in [0.5, 0.6) is 0 Å². The van der Waals surface area contributed by atoms with Crippen LogP contribution in [-0.4, -0.2) is 24.0 Å². The zero-order valence-corrected chi connectivity index (χ0v) is 10.7. The lowest BCUT2D eigenvalue weighted by Gasteiger charge is -2.14. The molecule has 0 aliphatic rings. The molecule has 3 nitrogen and oxygen atoms in total. The van der Waals surface area contributed by atoms with E-state index in [0.29, 0.717) is 0 Å². The molecule has 0 amide bonds. The topological polar surface area (TPSA) is 39.2 Å². The van der Waals surface area contributed by atoms with Crippen LogP contribution in [-0.2, 0) is 4.74 Å². The second kappa shape index (κ2) is 5.74. The van der Waals surface area contributed by atoms with Crippen LogP contribution in [0.25, 0.3) is 10.8 Å². The molecule has 1 heterocycles. The van der Waals surface area contributed by atoms with Gasteiger partial charge in [0.2, 0.25) is 0 Å². The van der Waals surface area contributed by atoms with Crippen LogP contribution < -0.4 is 0 Å². The predicted octanol–water partition coefficient (Wildman–Crippen LogP) is 3.23. The molecule has 0 saturated heterocycles. The van der Waals surface area contributed by atoms with Crippen LogP contribution in [0.4, 0.5) is 0 Å². The molecule has 94 valence electrons. The number of rotatable bonds is 5. The molecule has 0 saturated carbocycles. The average Bonchev–Trinajstić information content (AvgIpc) is 2.43. The summed E-state index contributed by atoms with van der Waals surface area (Å²) in [6, 6.07) is 7.57. The Labute approximate surface area is 107 Å². The number of fused-ring (bicyclic) bond motifs is 1. The SMILES string of the molecule is CCCC(OC)C(=O)c1cccc2cnccc12. The first-order chi connectivity index (χ1) is 8.77. The fraction of sp³-hybridized carbons (Fsp3) is 0.333. The normalized spacial score (nSPS) is 12.6. The Morgan fingerprint density at radius 1 is 1.39 bits per heavy atom. The molecular formula is C15H17NO2. The molecule has 3 heteroatoms. The van der Waals surface area contributed by atoms with Gasteiger partial charge >= 0.3 is 0 Å². The molecule has 1 atom stereocenters. The van der Waals surface area contributed by atoms with Crippen molar-refractivity contribution in [2.24, 2.45) is 0 Å². The van der Waals surface area contributed by atoms with Crippen LogP contribution in [0.1, 0.15) is 30.1 Å². The molecule has 0 aliphatic carbocycles. The average molecular weight is 243 g/mol. The highest BCUT2D eigenvalue weighted by Crippen LogP contribution is 2.20. The summed E-state index contributed by atoms with van der Waals surface area (Å²) in [7, 11) is 1.59. The third kappa shape index (κ3) is 2.41. The number of hydrogen-bond acceptors (Lipinski definition) is 3. The maximum Gasteiger partial charge on any atom is 0.192 e. The van der Waals surface area contributed by atoms with E-state index >= 15 is 0 Å². The molecule has 0 aliphatic heterocycles. The van der Waals surface area contributed by atoms with Crippen LogP contribution in [0.3, 0.4) is 0 Å². The van der Waals surface area contributed by atoms with Gasteiger partial charge in [-0.05, 0) is 17.9 Å². The van der Waals surface area contributed by atoms with Gasteiger partial charge in [0.25, 0.3) is 0 Å². The molecule has 0 bridgehead atoms. The Morgan fingerprint density at radius 2 is 2.22 bits per heavy atom. The van der Waals surface area contributed by atoms with Crippen molar-refractivity contribution in [3.05, 3.63) is 42.2 Å². The monoisotopic (exact) mass is 243 g/mol. The van der Waals surface area contributed by atoms with Gasteiger partial charge in [-0.2, -0.15) is 0 Å². The van der Waals surface area contributed by atoms with Crippen molar-refractivity contribution in [3.63, 3.8) is 0 Å². The van der Waals surface area contributed by atoms with E-state index in [1.54, 1.807) is 19.5 Å². The number of aromatic nitrogens is 1. The van der Waals surface area contributed by atoms with Crippen molar-refractivity contribution in [3.8, 4) is 0 Å². The van der Waals surface area contributed by atoms with Gasteiger partial charge in [-0.25, -0.2) is 0 Å². The number of nitrogens with zero attached hydrogens (tertiary/aromatic N) is 1. The van der Waals surface area contributed by atoms with Gasteiger partial charge in [-0.3, -0.25) is 9.78 Å². The first-order valence-electron chi connectivity index (χ1n) is 6.17. The minimum Gasteiger partial charge on any atom is -0.373 e. The van der Waals surface area contributed by atoms with Gasteiger partial charge in [0.05, 0.1) is 0 Å². The number of carbonyl (C=O) groups is 1. The van der Waals surface area contributed by atoms with Gasteiger partial charge in [-0.15, -0.1) is 0 Å². The molecule has 18 heavy (non-hydrogen) atoms. The van der Waals surface area contributed by atoms with Gasteiger partial charge in [0, 0.05) is 30.5 Å². The first kappa shape index (κ1) is 12.7. The summed E-state index contributed by atoms with van der Waals surface area (Å²) >= 11 is 0. The van der Waals surface area contributed by atoms with Crippen molar-refractivity contribution < 1.29 is 9.53 Å². The highest BCUT2D eigenvalue weighted by Gasteiger charge is 2.20. The van der Waals surface area contributed by atoms with Crippen molar-refractivity contribution in [2.45, 2.75) is 25.9 Å². The second-order valence-corrected chi connectivity index (χ2v) is 4.28. The number of methoxy groups -OCH3 is 1. The molecule has 0 N–H and O–H groups in total. The summed E-state index contributed by atoms with van der Waals surface area (Å²) in [4.78, 5) is 16.5. The van der Waals surface area contributed by atoms with E-state index in [2.05, 4.69) is 4.98 Å². The van der Waals surface area contributed by atoms with E-state index in [4.69, 9.17) is 4.74 Å². The van der Waals surface area contributed by atoms with Crippen molar-refractivity contribution in [1.29, 1.82) is 0 Å². The van der Waals surface area contributed by atoms with Crippen molar-refractivity contribution in [1.82, 2.24) is 4.98 Å². The summed E-state index contributed by atoms with van der Waals surface area (Å²) in [6.45, 7) is 2.05. The lowest BCUT2D eigenvalue weighted by Crippen LogP contribution is -2.23. The maximum atomic E-state index is 12.4. The number of Topliss-reactive ketones (excluding diaryl/α,β-unsaturated/α-hetero) is 1. The summed E-state index contributed by atoms with van der Waals surface area (Å²) < 4.78 is 5.29. The Hall–Kier alpha value is -1.74. The molecule has 2 rings (SSSR count). The quantitative estimate of drug-likeness (QED) is 0.757. The Kier molecular flexibility index (Phi) is 4.05. The fourth-order valence-corrected chi connectivity index (χ4v) is 2.13. The standard InChI is InChI=1S/C15H17NO2/c1-3-5-14(18-2)15(17)13-7-4-6-11-10-16-9-8-12(11)13/h4,6-10,14H,3,5H2,1-2H3. The summed E-state index contributed by atoms with van der Waals surface area (Å²) in [5, 5.41) is 1.92. The number of carbonyl (C=O) groups excluding carboxylic acids is 1. The third-order valence-electron chi connectivity index (χ3n) is 3.07. The first-order valence-corrected chi connectivity index (χ1v) is 6.17. The van der Waals surface area contributed by atoms with Gasteiger partial charge in [-0.1, -0.05) is 31.5 Å².